The van der Waals surface area contributed by atoms with Crippen LogP contribution >= 0.6 is 0 Å². The maximum atomic E-state index is 12.6. The summed E-state index contributed by atoms with van der Waals surface area (Å²) in [6, 6.07) is 6.01. The molecule has 0 saturated heterocycles. The summed E-state index contributed by atoms with van der Waals surface area (Å²) >= 11 is 0. The normalized spacial score (nSPS) is 21.2. The van der Waals surface area contributed by atoms with E-state index in [1.807, 2.05) is 32.9 Å². The van der Waals surface area contributed by atoms with E-state index in [0.717, 1.165) is 42.5 Å². The highest BCUT2D eigenvalue weighted by molar-refractivity contribution is 5.96. The fourth-order valence-corrected chi connectivity index (χ4v) is 3.35. The van der Waals surface area contributed by atoms with E-state index in [1.165, 1.54) is 0 Å². The van der Waals surface area contributed by atoms with Gasteiger partial charge in [-0.2, -0.15) is 0 Å². The largest absolute Gasteiger partial charge is 0.356 e. The average Bonchev–Trinajstić information content (AvgIpc) is 2.46. The maximum Gasteiger partial charge on any atom is 0.228 e. The zero-order chi connectivity index (χ0) is 16.1. The Morgan fingerprint density at radius 1 is 1.00 bits per heavy atom. The molecule has 2 amide bonds. The van der Waals surface area contributed by atoms with Crippen molar-refractivity contribution in [3.63, 3.8) is 0 Å². The summed E-state index contributed by atoms with van der Waals surface area (Å²) in [4.78, 5) is 24.8. The summed E-state index contributed by atoms with van der Waals surface area (Å²) in [6.45, 7) is 6.55. The third-order valence-corrected chi connectivity index (χ3v) is 4.28. The molecule has 0 spiro atoms. The molecule has 4 heteroatoms. The number of carbonyl (C=O) groups excluding carboxylic acids is 2. The van der Waals surface area contributed by atoms with Crippen LogP contribution in [0.25, 0.3) is 0 Å². The molecule has 22 heavy (non-hydrogen) atoms. The topological polar surface area (TPSA) is 58.2 Å². The van der Waals surface area contributed by atoms with Gasteiger partial charge in [0.05, 0.1) is 0 Å². The lowest BCUT2D eigenvalue weighted by Gasteiger charge is -2.29. The van der Waals surface area contributed by atoms with Crippen molar-refractivity contribution in [3.05, 3.63) is 29.3 Å². The van der Waals surface area contributed by atoms with Crippen molar-refractivity contribution in [3.8, 4) is 0 Å². The lowest BCUT2D eigenvalue weighted by molar-refractivity contribution is -0.133. The molecule has 120 valence electrons. The minimum Gasteiger partial charge on any atom is -0.356 e. The molecule has 1 aromatic carbocycles. The Balaban J connectivity index is 2.10. The second-order valence-corrected chi connectivity index (χ2v) is 6.26. The van der Waals surface area contributed by atoms with Crippen molar-refractivity contribution in [1.82, 2.24) is 5.32 Å². The molecular formula is C18H26N2O2. The fraction of sp³-hybridized carbons (Fsp3) is 0.556. The number of anilines is 1. The SMILES string of the molecule is CCNC(=O)C1CCCCC1C(=O)Nc1cc(C)cc(C)c1. The van der Waals surface area contributed by atoms with Crippen molar-refractivity contribution in [1.29, 1.82) is 0 Å². The average molecular weight is 302 g/mol. The number of amides is 2. The molecule has 0 aliphatic heterocycles. The molecular weight excluding hydrogens is 276 g/mol. The van der Waals surface area contributed by atoms with Crippen molar-refractivity contribution in [2.45, 2.75) is 46.5 Å². The Morgan fingerprint density at radius 3 is 2.09 bits per heavy atom. The van der Waals surface area contributed by atoms with Crippen LogP contribution in [0.15, 0.2) is 18.2 Å². The summed E-state index contributed by atoms with van der Waals surface area (Å²) in [7, 11) is 0. The van der Waals surface area contributed by atoms with E-state index in [4.69, 9.17) is 0 Å². The number of benzene rings is 1. The molecule has 0 bridgehead atoms. The number of rotatable bonds is 4. The van der Waals surface area contributed by atoms with Gasteiger partial charge in [-0.25, -0.2) is 0 Å². The van der Waals surface area contributed by atoms with Gasteiger partial charge in [-0.3, -0.25) is 9.59 Å². The van der Waals surface area contributed by atoms with Gasteiger partial charge in [0.2, 0.25) is 11.8 Å². The van der Waals surface area contributed by atoms with Crippen molar-refractivity contribution >= 4 is 17.5 Å². The first-order valence-electron chi connectivity index (χ1n) is 8.18. The van der Waals surface area contributed by atoms with Gasteiger partial charge >= 0.3 is 0 Å². The van der Waals surface area contributed by atoms with Crippen LogP contribution < -0.4 is 10.6 Å². The Morgan fingerprint density at radius 2 is 1.55 bits per heavy atom. The molecule has 1 fully saturated rings. The fourth-order valence-electron chi connectivity index (χ4n) is 3.35. The number of nitrogens with one attached hydrogen (secondary N) is 2. The van der Waals surface area contributed by atoms with Gasteiger partial charge in [0.25, 0.3) is 0 Å². The number of hydrogen-bond donors (Lipinski definition) is 2. The van der Waals surface area contributed by atoms with Crippen molar-refractivity contribution < 1.29 is 9.59 Å². The minimum absolute atomic E-state index is 0.0165. The molecule has 0 heterocycles. The Labute approximate surface area is 132 Å². The predicted molar refractivity (Wildman–Crippen MR) is 88.7 cm³/mol. The zero-order valence-electron chi connectivity index (χ0n) is 13.7. The number of hydrogen-bond acceptors (Lipinski definition) is 2. The first kappa shape index (κ1) is 16.5. The van der Waals surface area contributed by atoms with Crippen LogP contribution in [-0.4, -0.2) is 18.4 Å². The Kier molecular flexibility index (Phi) is 5.58. The van der Waals surface area contributed by atoms with Gasteiger partial charge in [0.1, 0.15) is 0 Å². The summed E-state index contributed by atoms with van der Waals surface area (Å²) in [5.74, 6) is -0.426. The van der Waals surface area contributed by atoms with Crippen LogP contribution in [-0.2, 0) is 9.59 Å². The number of carbonyl (C=O) groups is 2. The van der Waals surface area contributed by atoms with Crippen LogP contribution in [0.4, 0.5) is 5.69 Å². The van der Waals surface area contributed by atoms with Crippen LogP contribution in [0, 0.1) is 25.7 Å². The summed E-state index contributed by atoms with van der Waals surface area (Å²) < 4.78 is 0. The van der Waals surface area contributed by atoms with Crippen LogP contribution in [0.5, 0.6) is 0 Å². The van der Waals surface area contributed by atoms with E-state index in [0.29, 0.717) is 6.54 Å². The molecule has 1 aromatic rings. The third-order valence-electron chi connectivity index (χ3n) is 4.28. The molecule has 2 atom stereocenters. The van der Waals surface area contributed by atoms with E-state index in [1.54, 1.807) is 0 Å². The second-order valence-electron chi connectivity index (χ2n) is 6.26. The molecule has 1 saturated carbocycles. The molecule has 1 aliphatic carbocycles. The smallest absolute Gasteiger partial charge is 0.228 e. The van der Waals surface area contributed by atoms with Crippen molar-refractivity contribution in [2.24, 2.45) is 11.8 Å². The van der Waals surface area contributed by atoms with E-state index in [-0.39, 0.29) is 23.7 Å². The predicted octanol–water partition coefficient (Wildman–Crippen LogP) is 3.18. The molecule has 0 radical (unpaired) electrons. The van der Waals surface area contributed by atoms with Crippen molar-refractivity contribution in [2.75, 3.05) is 11.9 Å². The molecule has 4 nitrogen and oxygen atoms in total. The monoisotopic (exact) mass is 302 g/mol. The third kappa shape index (κ3) is 4.09. The second kappa shape index (κ2) is 7.43. The van der Waals surface area contributed by atoms with Gasteiger partial charge < -0.3 is 10.6 Å². The Bertz CT molecular complexity index is 534. The summed E-state index contributed by atoms with van der Waals surface area (Å²) in [5.41, 5.74) is 3.07. The molecule has 2 N–H and O–H groups in total. The first-order chi connectivity index (χ1) is 10.5. The highest BCUT2D eigenvalue weighted by Gasteiger charge is 2.35. The van der Waals surface area contributed by atoms with Gasteiger partial charge in [-0.15, -0.1) is 0 Å². The van der Waals surface area contributed by atoms with Gasteiger partial charge in [-0.05, 0) is 56.9 Å². The molecule has 2 rings (SSSR count). The van der Waals surface area contributed by atoms with E-state index in [9.17, 15) is 9.59 Å². The van der Waals surface area contributed by atoms with E-state index < -0.39 is 0 Å². The maximum absolute atomic E-state index is 12.6. The quantitative estimate of drug-likeness (QED) is 0.897. The highest BCUT2D eigenvalue weighted by Crippen LogP contribution is 2.31. The minimum atomic E-state index is -0.221. The molecule has 1 aliphatic rings. The van der Waals surface area contributed by atoms with E-state index in [2.05, 4.69) is 16.7 Å². The molecule has 2 unspecified atom stereocenters. The number of aryl methyl sites for hydroxylation is 2. The van der Waals surface area contributed by atoms with Gasteiger partial charge in [-0.1, -0.05) is 18.9 Å². The highest BCUT2D eigenvalue weighted by atomic mass is 16.2. The lowest BCUT2D eigenvalue weighted by Crippen LogP contribution is -2.41. The van der Waals surface area contributed by atoms with Crippen LogP contribution in [0.1, 0.15) is 43.7 Å². The van der Waals surface area contributed by atoms with Gasteiger partial charge in [0, 0.05) is 24.1 Å². The first-order valence-corrected chi connectivity index (χ1v) is 8.18. The Hall–Kier alpha value is -1.84. The standard InChI is InChI=1S/C18H26N2O2/c1-4-19-17(21)15-7-5-6-8-16(15)18(22)20-14-10-12(2)9-13(3)11-14/h9-11,15-16H,4-8H2,1-3H3,(H,19,21)(H,20,22). The van der Waals surface area contributed by atoms with E-state index >= 15 is 0 Å². The summed E-state index contributed by atoms with van der Waals surface area (Å²) in [5, 5.41) is 5.86. The zero-order valence-corrected chi connectivity index (χ0v) is 13.7. The lowest BCUT2D eigenvalue weighted by atomic mass is 9.78. The van der Waals surface area contributed by atoms with Gasteiger partial charge in [0.15, 0.2) is 0 Å². The summed E-state index contributed by atoms with van der Waals surface area (Å²) in [6.07, 6.45) is 3.63. The van der Waals surface area contributed by atoms with Crippen LogP contribution in [0.2, 0.25) is 0 Å². The van der Waals surface area contributed by atoms with Crippen LogP contribution in [0.3, 0.4) is 0 Å². The molecule has 0 aromatic heterocycles.